The van der Waals surface area contributed by atoms with E-state index in [0.717, 1.165) is 22.7 Å². The van der Waals surface area contributed by atoms with Crippen molar-refractivity contribution >= 4 is 34.7 Å². The molecule has 10 heteroatoms. The van der Waals surface area contributed by atoms with Crippen molar-refractivity contribution in [2.75, 3.05) is 43.5 Å². The standard InChI is InChI=1S/C20H21F3N4O2S/c21-20(22,23)12-9-14(26-19(28)15-11-29-8-7-27(15)6-5-24)18-17(10-12)30-16-4-2-1-3-13(16)25-18/h1-4,9-10,15,25H,5-8,11,24H2,(H,26,28). The molecule has 30 heavy (non-hydrogen) atoms. The van der Waals surface area contributed by atoms with Crippen LogP contribution in [0.4, 0.5) is 30.2 Å². The second-order valence-electron chi connectivity index (χ2n) is 7.02. The second-order valence-corrected chi connectivity index (χ2v) is 8.11. The van der Waals surface area contributed by atoms with Gasteiger partial charge in [0, 0.05) is 29.4 Å². The maximum atomic E-state index is 13.5. The van der Waals surface area contributed by atoms with E-state index in [1.807, 2.05) is 29.2 Å². The number of carbonyl (C=O) groups is 1. The van der Waals surface area contributed by atoms with Gasteiger partial charge in [-0.1, -0.05) is 23.9 Å². The molecule has 0 radical (unpaired) electrons. The number of anilines is 3. The smallest absolute Gasteiger partial charge is 0.378 e. The summed E-state index contributed by atoms with van der Waals surface area (Å²) < 4.78 is 45.9. The molecule has 2 aromatic carbocycles. The molecule has 0 spiro atoms. The number of fused-ring (bicyclic) bond motifs is 2. The molecule has 1 unspecified atom stereocenters. The average molecular weight is 438 g/mol. The third-order valence-corrected chi connectivity index (χ3v) is 6.13. The molecule has 160 valence electrons. The maximum Gasteiger partial charge on any atom is 0.416 e. The van der Waals surface area contributed by atoms with Crippen molar-refractivity contribution < 1.29 is 22.7 Å². The summed E-state index contributed by atoms with van der Waals surface area (Å²) in [5, 5.41) is 5.86. The first kappa shape index (κ1) is 21.0. The number of hydrogen-bond donors (Lipinski definition) is 3. The first-order valence-electron chi connectivity index (χ1n) is 9.48. The minimum Gasteiger partial charge on any atom is -0.378 e. The van der Waals surface area contributed by atoms with Gasteiger partial charge in [-0.05, 0) is 24.3 Å². The number of alkyl halides is 3. The van der Waals surface area contributed by atoms with Crippen LogP contribution in [0.3, 0.4) is 0 Å². The fourth-order valence-electron chi connectivity index (χ4n) is 3.53. The minimum absolute atomic E-state index is 0.0881. The quantitative estimate of drug-likeness (QED) is 0.579. The predicted molar refractivity (Wildman–Crippen MR) is 109 cm³/mol. The van der Waals surface area contributed by atoms with Crippen molar-refractivity contribution in [3.8, 4) is 0 Å². The van der Waals surface area contributed by atoms with Crippen molar-refractivity contribution in [1.29, 1.82) is 0 Å². The van der Waals surface area contributed by atoms with Crippen LogP contribution in [-0.2, 0) is 15.7 Å². The number of ether oxygens (including phenoxy) is 1. The molecule has 0 aliphatic carbocycles. The Morgan fingerprint density at radius 2 is 2.10 bits per heavy atom. The summed E-state index contributed by atoms with van der Waals surface area (Å²) in [5.41, 5.74) is 6.12. The van der Waals surface area contributed by atoms with Gasteiger partial charge in [-0.25, -0.2) is 0 Å². The summed E-state index contributed by atoms with van der Waals surface area (Å²) in [5.74, 6) is -0.421. The first-order chi connectivity index (χ1) is 14.4. The number of carbonyl (C=O) groups excluding carboxylic acids is 1. The fourth-order valence-corrected chi connectivity index (χ4v) is 4.59. The number of halogens is 3. The topological polar surface area (TPSA) is 79.6 Å². The fraction of sp³-hybridized carbons (Fsp3) is 0.350. The second kappa shape index (κ2) is 8.46. The summed E-state index contributed by atoms with van der Waals surface area (Å²) in [7, 11) is 0. The van der Waals surface area contributed by atoms with E-state index in [0.29, 0.717) is 36.8 Å². The molecule has 1 fully saturated rings. The Bertz CT molecular complexity index is 952. The van der Waals surface area contributed by atoms with E-state index in [9.17, 15) is 18.0 Å². The van der Waals surface area contributed by atoms with E-state index in [4.69, 9.17) is 10.5 Å². The van der Waals surface area contributed by atoms with Gasteiger partial charge >= 0.3 is 6.18 Å². The van der Waals surface area contributed by atoms with Crippen molar-refractivity contribution in [3.63, 3.8) is 0 Å². The predicted octanol–water partition coefficient (Wildman–Crippen LogP) is 3.51. The molecule has 2 heterocycles. The van der Waals surface area contributed by atoms with Gasteiger partial charge in [0.2, 0.25) is 5.91 Å². The Labute approximate surface area is 175 Å². The molecule has 1 amide bonds. The zero-order valence-corrected chi connectivity index (χ0v) is 16.8. The Kier molecular flexibility index (Phi) is 5.92. The van der Waals surface area contributed by atoms with Gasteiger partial charge < -0.3 is 21.1 Å². The van der Waals surface area contributed by atoms with E-state index in [1.54, 1.807) is 0 Å². The van der Waals surface area contributed by atoms with Crippen LogP contribution in [0.25, 0.3) is 0 Å². The summed E-state index contributed by atoms with van der Waals surface area (Å²) in [6.45, 7) is 2.06. The van der Waals surface area contributed by atoms with Crippen molar-refractivity contribution in [1.82, 2.24) is 4.90 Å². The lowest BCUT2D eigenvalue weighted by Gasteiger charge is -2.34. The van der Waals surface area contributed by atoms with Crippen molar-refractivity contribution in [2.45, 2.75) is 22.0 Å². The molecule has 6 nitrogen and oxygen atoms in total. The van der Waals surface area contributed by atoms with E-state index < -0.39 is 23.7 Å². The average Bonchev–Trinajstić information content (AvgIpc) is 2.72. The Hall–Kier alpha value is -2.27. The van der Waals surface area contributed by atoms with E-state index in [1.165, 1.54) is 11.8 Å². The Balaban J connectivity index is 1.68. The van der Waals surface area contributed by atoms with Crippen LogP contribution in [0, 0.1) is 0 Å². The van der Waals surface area contributed by atoms with Crippen molar-refractivity contribution in [2.24, 2.45) is 5.73 Å². The molecule has 0 bridgehead atoms. The number of rotatable bonds is 4. The number of hydrogen-bond acceptors (Lipinski definition) is 6. The summed E-state index contributed by atoms with van der Waals surface area (Å²) in [6.07, 6.45) is -4.54. The number of benzene rings is 2. The maximum absolute atomic E-state index is 13.5. The molecule has 2 aliphatic rings. The van der Waals surface area contributed by atoms with E-state index >= 15 is 0 Å². The van der Waals surface area contributed by atoms with E-state index in [-0.39, 0.29) is 12.3 Å². The molecule has 1 saturated heterocycles. The van der Waals surface area contributed by atoms with Gasteiger partial charge in [-0.2, -0.15) is 13.2 Å². The normalized spacial score (nSPS) is 18.9. The van der Waals surface area contributed by atoms with Gasteiger partial charge in [-0.15, -0.1) is 0 Å². The molecule has 4 N–H and O–H groups in total. The number of morpholine rings is 1. The monoisotopic (exact) mass is 438 g/mol. The lowest BCUT2D eigenvalue weighted by molar-refractivity contribution is -0.137. The van der Waals surface area contributed by atoms with Gasteiger partial charge in [-0.3, -0.25) is 9.69 Å². The lowest BCUT2D eigenvalue weighted by Crippen LogP contribution is -2.53. The van der Waals surface area contributed by atoms with Crippen LogP contribution >= 0.6 is 11.8 Å². The van der Waals surface area contributed by atoms with E-state index in [2.05, 4.69) is 10.6 Å². The van der Waals surface area contributed by atoms with Crippen LogP contribution in [0.15, 0.2) is 46.2 Å². The number of nitrogens with one attached hydrogen (secondary N) is 2. The van der Waals surface area contributed by atoms with Gasteiger partial charge in [0.1, 0.15) is 6.04 Å². The highest BCUT2D eigenvalue weighted by Gasteiger charge is 2.35. The molecule has 0 saturated carbocycles. The van der Waals surface area contributed by atoms with Gasteiger partial charge in [0.15, 0.2) is 0 Å². The molecular weight excluding hydrogens is 417 g/mol. The van der Waals surface area contributed by atoms with Crippen LogP contribution < -0.4 is 16.4 Å². The first-order valence-corrected chi connectivity index (χ1v) is 10.3. The highest BCUT2D eigenvalue weighted by Crippen LogP contribution is 2.49. The summed E-state index contributed by atoms with van der Waals surface area (Å²) in [6, 6.07) is 8.78. The highest BCUT2D eigenvalue weighted by atomic mass is 32.2. The van der Waals surface area contributed by atoms with Crippen LogP contribution in [0.2, 0.25) is 0 Å². The third-order valence-electron chi connectivity index (χ3n) is 5.01. The molecule has 1 atom stereocenters. The largest absolute Gasteiger partial charge is 0.416 e. The van der Waals surface area contributed by atoms with Gasteiger partial charge in [0.25, 0.3) is 0 Å². The Morgan fingerprint density at radius 1 is 1.30 bits per heavy atom. The molecule has 2 aliphatic heterocycles. The lowest BCUT2D eigenvalue weighted by atomic mass is 10.1. The summed E-state index contributed by atoms with van der Waals surface area (Å²) >= 11 is 1.23. The number of amides is 1. The van der Waals surface area contributed by atoms with Crippen LogP contribution in [0.5, 0.6) is 0 Å². The van der Waals surface area contributed by atoms with Crippen LogP contribution in [0.1, 0.15) is 5.56 Å². The van der Waals surface area contributed by atoms with Crippen LogP contribution in [-0.4, -0.2) is 49.7 Å². The SMILES string of the molecule is NCCN1CCOCC1C(=O)Nc1cc(C(F)(F)F)cc2c1Nc1ccccc1S2. The Morgan fingerprint density at radius 3 is 2.87 bits per heavy atom. The van der Waals surface area contributed by atoms with Crippen molar-refractivity contribution in [3.05, 3.63) is 42.0 Å². The molecule has 2 aromatic rings. The third kappa shape index (κ3) is 4.27. The molecular formula is C20H21F3N4O2S. The summed E-state index contributed by atoms with van der Waals surface area (Å²) in [4.78, 5) is 16.1. The zero-order valence-electron chi connectivity index (χ0n) is 16.0. The number of nitrogens with zero attached hydrogens (tertiary/aromatic N) is 1. The highest BCUT2D eigenvalue weighted by molar-refractivity contribution is 7.99. The zero-order chi connectivity index (χ0) is 21.3. The van der Waals surface area contributed by atoms with Gasteiger partial charge in [0.05, 0.1) is 35.8 Å². The minimum atomic E-state index is -4.54. The number of para-hydroxylation sites is 1. The molecule has 4 rings (SSSR count). The molecule has 0 aromatic heterocycles. The number of nitrogens with two attached hydrogens (primary N) is 1.